The number of allylic oxidation sites excluding steroid dienone is 2. The molecule has 10 heavy (non-hydrogen) atoms. The Morgan fingerprint density at radius 2 is 2.20 bits per heavy atom. The highest BCUT2D eigenvalue weighted by molar-refractivity contribution is 5.26. The summed E-state index contributed by atoms with van der Waals surface area (Å²) in [5.74, 6) is 1.91. The van der Waals surface area contributed by atoms with Gasteiger partial charge in [0, 0.05) is 0 Å². The van der Waals surface area contributed by atoms with Gasteiger partial charge in [0.15, 0.2) is 0 Å². The van der Waals surface area contributed by atoms with E-state index in [1.807, 2.05) is 0 Å². The van der Waals surface area contributed by atoms with Gasteiger partial charge in [-0.05, 0) is 30.1 Å². The van der Waals surface area contributed by atoms with Gasteiger partial charge >= 0.3 is 0 Å². The molecule has 2 aliphatic carbocycles. The smallest absolute Gasteiger partial charge is 0.0116 e. The van der Waals surface area contributed by atoms with Crippen LogP contribution < -0.4 is 0 Å². The molecule has 0 aromatic carbocycles. The molecule has 2 aliphatic rings. The predicted octanol–water partition coefficient (Wildman–Crippen LogP) is 3.00. The summed E-state index contributed by atoms with van der Waals surface area (Å²) in [6, 6.07) is 0. The molecule has 2 atom stereocenters. The first-order valence-corrected chi connectivity index (χ1v) is 4.32. The van der Waals surface area contributed by atoms with Crippen molar-refractivity contribution in [3.05, 3.63) is 11.6 Å². The molecule has 0 nitrogen and oxygen atoms in total. The highest BCUT2D eigenvalue weighted by Gasteiger charge is 2.44. The summed E-state index contributed by atoms with van der Waals surface area (Å²) in [5, 5.41) is 0. The highest BCUT2D eigenvalue weighted by Crippen LogP contribution is 2.55. The molecule has 56 valence electrons. The second-order valence-corrected chi connectivity index (χ2v) is 4.44. The van der Waals surface area contributed by atoms with E-state index in [1.54, 1.807) is 5.57 Å². The Hall–Kier alpha value is -0.260. The van der Waals surface area contributed by atoms with Gasteiger partial charge in [-0.25, -0.2) is 0 Å². The predicted molar refractivity (Wildman–Crippen MR) is 43.8 cm³/mol. The van der Waals surface area contributed by atoms with Crippen LogP contribution in [0.4, 0.5) is 0 Å². The Morgan fingerprint density at radius 3 is 2.50 bits per heavy atom. The monoisotopic (exact) mass is 136 g/mol. The number of hydrogen-bond donors (Lipinski definition) is 0. The highest BCUT2D eigenvalue weighted by atomic mass is 14.5. The van der Waals surface area contributed by atoms with Crippen molar-refractivity contribution in [2.75, 3.05) is 0 Å². The molecule has 1 fully saturated rings. The molecule has 0 heteroatoms. The van der Waals surface area contributed by atoms with E-state index in [0.717, 1.165) is 11.8 Å². The molecule has 0 N–H and O–H groups in total. The van der Waals surface area contributed by atoms with Crippen molar-refractivity contribution in [1.29, 1.82) is 0 Å². The normalized spacial score (nSPS) is 42.1. The molecular formula is C10H16. The van der Waals surface area contributed by atoms with Gasteiger partial charge in [-0.15, -0.1) is 0 Å². The molecule has 0 radical (unpaired) electrons. The van der Waals surface area contributed by atoms with E-state index in [9.17, 15) is 0 Å². The molecule has 0 spiro atoms. The topological polar surface area (TPSA) is 0 Å². The molecule has 0 amide bonds. The maximum Gasteiger partial charge on any atom is -0.0116 e. The lowest BCUT2D eigenvalue weighted by Gasteiger charge is -2.30. The minimum Gasteiger partial charge on any atom is -0.0845 e. The fraction of sp³-hybridized carbons (Fsp3) is 0.800. The average Bonchev–Trinajstić information content (AvgIpc) is 2.37. The van der Waals surface area contributed by atoms with Crippen molar-refractivity contribution in [1.82, 2.24) is 0 Å². The van der Waals surface area contributed by atoms with Crippen molar-refractivity contribution in [3.63, 3.8) is 0 Å². The average molecular weight is 136 g/mol. The van der Waals surface area contributed by atoms with Crippen molar-refractivity contribution in [2.24, 2.45) is 17.3 Å². The fourth-order valence-corrected chi connectivity index (χ4v) is 2.53. The standard InChI is InChI=1S/C10H16/c1-7-8-4-5-9(6-8)10(7,2)3/h5,7-8H,4,6H2,1-3H3. The molecule has 2 bridgehead atoms. The van der Waals surface area contributed by atoms with Crippen molar-refractivity contribution < 1.29 is 0 Å². The Bertz CT molecular complexity index is 186. The lowest BCUT2D eigenvalue weighted by molar-refractivity contribution is 0.254. The van der Waals surface area contributed by atoms with Crippen molar-refractivity contribution >= 4 is 0 Å². The first-order valence-electron chi connectivity index (χ1n) is 4.32. The van der Waals surface area contributed by atoms with E-state index < -0.39 is 0 Å². The van der Waals surface area contributed by atoms with Crippen LogP contribution in [0.1, 0.15) is 33.6 Å². The zero-order valence-corrected chi connectivity index (χ0v) is 7.15. The van der Waals surface area contributed by atoms with Crippen LogP contribution in [-0.4, -0.2) is 0 Å². The molecule has 0 aliphatic heterocycles. The van der Waals surface area contributed by atoms with Gasteiger partial charge in [-0.2, -0.15) is 0 Å². The molecule has 2 rings (SSSR count). The Morgan fingerprint density at radius 1 is 1.50 bits per heavy atom. The molecule has 0 aromatic rings. The van der Waals surface area contributed by atoms with Gasteiger partial charge in [0.1, 0.15) is 0 Å². The van der Waals surface area contributed by atoms with Crippen LogP contribution in [0.5, 0.6) is 0 Å². The minimum atomic E-state index is 0.531. The molecular weight excluding hydrogens is 120 g/mol. The van der Waals surface area contributed by atoms with E-state index in [1.165, 1.54) is 12.8 Å². The summed E-state index contributed by atoms with van der Waals surface area (Å²) in [5.41, 5.74) is 2.26. The summed E-state index contributed by atoms with van der Waals surface area (Å²) >= 11 is 0. The zero-order chi connectivity index (χ0) is 7.35. The van der Waals surface area contributed by atoms with Gasteiger partial charge < -0.3 is 0 Å². The van der Waals surface area contributed by atoms with Crippen LogP contribution >= 0.6 is 0 Å². The summed E-state index contributed by atoms with van der Waals surface area (Å²) in [6.07, 6.45) is 5.22. The maximum absolute atomic E-state index is 2.46. The number of rotatable bonds is 0. The molecule has 0 aromatic heterocycles. The van der Waals surface area contributed by atoms with Gasteiger partial charge in [0.2, 0.25) is 0 Å². The Labute approximate surface area is 63.3 Å². The first kappa shape index (κ1) is 6.45. The van der Waals surface area contributed by atoms with Crippen LogP contribution in [0.2, 0.25) is 0 Å². The van der Waals surface area contributed by atoms with Crippen LogP contribution in [0.15, 0.2) is 11.6 Å². The van der Waals surface area contributed by atoms with Gasteiger partial charge in [-0.1, -0.05) is 32.4 Å². The van der Waals surface area contributed by atoms with Crippen LogP contribution in [0.25, 0.3) is 0 Å². The lowest BCUT2D eigenvalue weighted by Crippen LogP contribution is -2.22. The summed E-state index contributed by atoms with van der Waals surface area (Å²) in [4.78, 5) is 0. The second kappa shape index (κ2) is 1.66. The van der Waals surface area contributed by atoms with E-state index in [4.69, 9.17) is 0 Å². The lowest BCUT2D eigenvalue weighted by atomic mass is 9.74. The number of fused-ring (bicyclic) bond motifs is 2. The third kappa shape index (κ3) is 0.574. The van der Waals surface area contributed by atoms with E-state index in [0.29, 0.717) is 5.41 Å². The SMILES string of the molecule is CC1C2CC=C(C2)C1(C)C. The summed E-state index contributed by atoms with van der Waals surface area (Å²) in [7, 11) is 0. The Balaban J connectivity index is 2.39. The molecule has 0 saturated heterocycles. The minimum absolute atomic E-state index is 0.531. The molecule has 0 heterocycles. The van der Waals surface area contributed by atoms with Crippen LogP contribution in [0, 0.1) is 17.3 Å². The quantitative estimate of drug-likeness (QED) is 0.449. The Kier molecular flexibility index (Phi) is 1.07. The van der Waals surface area contributed by atoms with Crippen LogP contribution in [-0.2, 0) is 0 Å². The van der Waals surface area contributed by atoms with Gasteiger partial charge in [0.05, 0.1) is 0 Å². The van der Waals surface area contributed by atoms with Gasteiger partial charge in [0.25, 0.3) is 0 Å². The van der Waals surface area contributed by atoms with E-state index >= 15 is 0 Å². The molecule has 1 saturated carbocycles. The third-order valence-electron chi connectivity index (χ3n) is 3.82. The largest absolute Gasteiger partial charge is 0.0845 e. The second-order valence-electron chi connectivity index (χ2n) is 4.44. The zero-order valence-electron chi connectivity index (χ0n) is 7.15. The first-order chi connectivity index (χ1) is 4.62. The fourth-order valence-electron chi connectivity index (χ4n) is 2.53. The molecule has 2 unspecified atom stereocenters. The van der Waals surface area contributed by atoms with Crippen molar-refractivity contribution in [2.45, 2.75) is 33.6 Å². The van der Waals surface area contributed by atoms with Crippen molar-refractivity contribution in [3.8, 4) is 0 Å². The van der Waals surface area contributed by atoms with Crippen LogP contribution in [0.3, 0.4) is 0 Å². The third-order valence-corrected chi connectivity index (χ3v) is 3.82. The number of hydrogen-bond acceptors (Lipinski definition) is 0. The maximum atomic E-state index is 2.46. The van der Waals surface area contributed by atoms with E-state index in [2.05, 4.69) is 26.8 Å². The van der Waals surface area contributed by atoms with Gasteiger partial charge in [-0.3, -0.25) is 0 Å². The van der Waals surface area contributed by atoms with E-state index in [-0.39, 0.29) is 0 Å². The summed E-state index contributed by atoms with van der Waals surface area (Å²) < 4.78 is 0. The summed E-state index contributed by atoms with van der Waals surface area (Å²) in [6.45, 7) is 7.19.